The second-order valence-corrected chi connectivity index (χ2v) is 4.44. The lowest BCUT2D eigenvalue weighted by atomic mass is 10.1. The van der Waals surface area contributed by atoms with E-state index >= 15 is 0 Å². The van der Waals surface area contributed by atoms with Crippen LogP contribution in [0.2, 0.25) is 0 Å². The van der Waals surface area contributed by atoms with Gasteiger partial charge in [-0.2, -0.15) is 0 Å². The number of benzene rings is 2. The first-order valence-electron chi connectivity index (χ1n) is 4.86. The second-order valence-electron chi connectivity index (χ2n) is 3.53. The molecule has 2 rings (SSSR count). The summed E-state index contributed by atoms with van der Waals surface area (Å²) in [5.41, 5.74) is 5.96. The van der Waals surface area contributed by atoms with Gasteiger partial charge in [-0.25, -0.2) is 0 Å². The van der Waals surface area contributed by atoms with E-state index in [1.54, 1.807) is 0 Å². The number of amides is 1. The van der Waals surface area contributed by atoms with Crippen LogP contribution in [0.5, 0.6) is 0 Å². The number of hydrogen-bond acceptors (Lipinski definition) is 2. The molecular formula is C12H11BrN2O. The lowest BCUT2D eigenvalue weighted by molar-refractivity contribution is -0.116. The Kier molecular flexibility index (Phi) is 3.10. The zero-order valence-corrected chi connectivity index (χ0v) is 10.1. The predicted octanol–water partition coefficient (Wildman–Crippen LogP) is 2.50. The summed E-state index contributed by atoms with van der Waals surface area (Å²) in [6.07, 6.45) is 0. The highest BCUT2D eigenvalue weighted by molar-refractivity contribution is 9.10. The molecule has 2 aromatic carbocycles. The van der Waals surface area contributed by atoms with Gasteiger partial charge >= 0.3 is 0 Å². The number of halogens is 1. The summed E-state index contributed by atoms with van der Waals surface area (Å²) in [4.78, 5) is 10.6. The van der Waals surface area contributed by atoms with Gasteiger partial charge in [0, 0.05) is 10.2 Å². The zero-order valence-electron chi connectivity index (χ0n) is 8.53. The van der Waals surface area contributed by atoms with Crippen molar-refractivity contribution in [3.8, 4) is 0 Å². The molecule has 0 aliphatic rings. The van der Waals surface area contributed by atoms with Crippen molar-refractivity contribution in [2.75, 3.05) is 11.9 Å². The van der Waals surface area contributed by atoms with Crippen LogP contribution in [0, 0.1) is 0 Å². The number of hydrogen-bond donors (Lipinski definition) is 2. The van der Waals surface area contributed by atoms with Crippen LogP contribution in [0.4, 0.5) is 5.69 Å². The van der Waals surface area contributed by atoms with E-state index in [1.165, 1.54) is 0 Å². The minimum Gasteiger partial charge on any atom is -0.376 e. The summed E-state index contributed by atoms with van der Waals surface area (Å²) in [7, 11) is 0. The molecule has 0 bridgehead atoms. The van der Waals surface area contributed by atoms with Crippen molar-refractivity contribution in [1.29, 1.82) is 0 Å². The molecule has 0 fully saturated rings. The summed E-state index contributed by atoms with van der Waals surface area (Å²) < 4.78 is 1.05. The molecule has 3 nitrogen and oxygen atoms in total. The Morgan fingerprint density at radius 3 is 2.62 bits per heavy atom. The third kappa shape index (κ3) is 2.52. The molecule has 82 valence electrons. The van der Waals surface area contributed by atoms with E-state index in [0.29, 0.717) is 0 Å². The lowest BCUT2D eigenvalue weighted by Gasteiger charge is -2.05. The van der Waals surface area contributed by atoms with Gasteiger partial charge in [0.2, 0.25) is 5.91 Å². The highest BCUT2D eigenvalue weighted by atomic mass is 79.9. The fraction of sp³-hybridized carbons (Fsp3) is 0.0833. The minimum atomic E-state index is -0.365. The number of nitrogens with two attached hydrogens (primary N) is 1. The minimum absolute atomic E-state index is 0.155. The van der Waals surface area contributed by atoms with Crippen molar-refractivity contribution in [2.45, 2.75) is 0 Å². The van der Waals surface area contributed by atoms with Gasteiger partial charge in [-0.05, 0) is 35.0 Å². The average molecular weight is 279 g/mol. The Morgan fingerprint density at radius 1 is 1.19 bits per heavy atom. The Balaban J connectivity index is 2.30. The van der Waals surface area contributed by atoms with Gasteiger partial charge in [-0.3, -0.25) is 4.79 Å². The number of fused-ring (bicyclic) bond motifs is 1. The van der Waals surface area contributed by atoms with Gasteiger partial charge in [0.25, 0.3) is 0 Å². The van der Waals surface area contributed by atoms with Crippen LogP contribution in [0.25, 0.3) is 10.8 Å². The van der Waals surface area contributed by atoms with Gasteiger partial charge < -0.3 is 11.1 Å². The van der Waals surface area contributed by atoms with Crippen molar-refractivity contribution in [3.63, 3.8) is 0 Å². The smallest absolute Gasteiger partial charge is 0.236 e. The average Bonchev–Trinajstić information content (AvgIpc) is 2.26. The molecule has 0 aromatic heterocycles. The highest BCUT2D eigenvalue weighted by Gasteiger charge is 1.98. The van der Waals surface area contributed by atoms with Crippen molar-refractivity contribution in [1.82, 2.24) is 0 Å². The number of carbonyl (C=O) groups excluding carboxylic acids is 1. The number of rotatable bonds is 3. The van der Waals surface area contributed by atoms with Crippen LogP contribution in [-0.2, 0) is 4.79 Å². The number of carbonyl (C=O) groups is 1. The molecule has 0 spiro atoms. The van der Waals surface area contributed by atoms with E-state index in [4.69, 9.17) is 5.73 Å². The summed E-state index contributed by atoms with van der Waals surface area (Å²) in [6, 6.07) is 12.0. The standard InChI is InChI=1S/C12H11BrN2O/c13-10-3-1-9-6-11(15-7-12(14)16)4-2-8(9)5-10/h1-6,15H,7H2,(H2,14,16). The zero-order chi connectivity index (χ0) is 11.5. The normalized spacial score (nSPS) is 10.3. The molecule has 2 aromatic rings. The molecule has 3 N–H and O–H groups in total. The fourth-order valence-electron chi connectivity index (χ4n) is 1.52. The van der Waals surface area contributed by atoms with E-state index in [2.05, 4.69) is 21.2 Å². The summed E-state index contributed by atoms with van der Waals surface area (Å²) in [5.74, 6) is -0.365. The van der Waals surface area contributed by atoms with Gasteiger partial charge in [0.1, 0.15) is 0 Å². The van der Waals surface area contributed by atoms with E-state index in [9.17, 15) is 4.79 Å². The van der Waals surface area contributed by atoms with E-state index in [-0.39, 0.29) is 12.5 Å². The van der Waals surface area contributed by atoms with Crippen LogP contribution in [0.3, 0.4) is 0 Å². The van der Waals surface area contributed by atoms with Gasteiger partial charge in [-0.15, -0.1) is 0 Å². The summed E-state index contributed by atoms with van der Waals surface area (Å²) >= 11 is 3.42. The maximum atomic E-state index is 10.6. The molecule has 0 saturated heterocycles. The van der Waals surface area contributed by atoms with Crippen molar-refractivity contribution in [2.24, 2.45) is 5.73 Å². The highest BCUT2D eigenvalue weighted by Crippen LogP contribution is 2.22. The van der Waals surface area contributed by atoms with Crippen LogP contribution >= 0.6 is 15.9 Å². The van der Waals surface area contributed by atoms with Crippen LogP contribution in [-0.4, -0.2) is 12.5 Å². The quantitative estimate of drug-likeness (QED) is 0.907. The number of nitrogens with one attached hydrogen (secondary N) is 1. The van der Waals surface area contributed by atoms with Crippen LogP contribution in [0.1, 0.15) is 0 Å². The van der Waals surface area contributed by atoms with Crippen molar-refractivity contribution >= 4 is 38.3 Å². The van der Waals surface area contributed by atoms with Crippen molar-refractivity contribution < 1.29 is 4.79 Å². The Morgan fingerprint density at radius 2 is 1.88 bits per heavy atom. The maximum Gasteiger partial charge on any atom is 0.236 e. The van der Waals surface area contributed by atoms with E-state index in [1.807, 2.05) is 36.4 Å². The molecule has 16 heavy (non-hydrogen) atoms. The third-order valence-corrected chi connectivity index (χ3v) is 2.76. The first-order valence-corrected chi connectivity index (χ1v) is 5.66. The summed E-state index contributed by atoms with van der Waals surface area (Å²) in [6.45, 7) is 0.155. The molecule has 0 atom stereocenters. The molecular weight excluding hydrogens is 268 g/mol. The molecule has 4 heteroatoms. The summed E-state index contributed by atoms with van der Waals surface area (Å²) in [5, 5.41) is 5.24. The monoisotopic (exact) mass is 278 g/mol. The second kappa shape index (κ2) is 4.53. The molecule has 0 unspecified atom stereocenters. The molecule has 0 aliphatic carbocycles. The first-order chi connectivity index (χ1) is 7.65. The third-order valence-electron chi connectivity index (χ3n) is 2.27. The number of primary amides is 1. The number of anilines is 1. The van der Waals surface area contributed by atoms with Gasteiger partial charge in [-0.1, -0.05) is 28.1 Å². The van der Waals surface area contributed by atoms with Crippen molar-refractivity contribution in [3.05, 3.63) is 40.9 Å². The molecule has 0 saturated carbocycles. The first kappa shape index (κ1) is 11.0. The molecule has 0 radical (unpaired) electrons. The van der Waals surface area contributed by atoms with E-state index in [0.717, 1.165) is 20.9 Å². The van der Waals surface area contributed by atoms with Gasteiger partial charge in [0.15, 0.2) is 0 Å². The van der Waals surface area contributed by atoms with Crippen LogP contribution < -0.4 is 11.1 Å². The van der Waals surface area contributed by atoms with E-state index < -0.39 is 0 Å². The Labute approximate surface area is 102 Å². The van der Waals surface area contributed by atoms with Crippen LogP contribution in [0.15, 0.2) is 40.9 Å². The SMILES string of the molecule is NC(=O)CNc1ccc2cc(Br)ccc2c1. The predicted molar refractivity (Wildman–Crippen MR) is 69.3 cm³/mol. The molecule has 1 amide bonds. The molecule has 0 heterocycles. The topological polar surface area (TPSA) is 55.1 Å². The Hall–Kier alpha value is -1.55. The maximum absolute atomic E-state index is 10.6. The fourth-order valence-corrected chi connectivity index (χ4v) is 1.89. The van der Waals surface area contributed by atoms with Gasteiger partial charge in [0.05, 0.1) is 6.54 Å². The largest absolute Gasteiger partial charge is 0.376 e. The Bertz CT molecular complexity index is 540. The molecule has 0 aliphatic heterocycles. The lowest BCUT2D eigenvalue weighted by Crippen LogP contribution is -2.21.